The topological polar surface area (TPSA) is 24.9 Å². The average Bonchev–Trinajstić information content (AvgIpc) is 2.53. The van der Waals surface area contributed by atoms with Gasteiger partial charge in [-0.15, -0.1) is 0 Å². The molecule has 0 spiro atoms. The Bertz CT molecular complexity index is 714. The first-order valence-electron chi connectivity index (χ1n) is 7.02. The Kier molecular flexibility index (Phi) is 3.64. The maximum Gasteiger partial charge on any atom is 0.0423 e. The molecule has 0 saturated heterocycles. The summed E-state index contributed by atoms with van der Waals surface area (Å²) < 4.78 is 0. The summed E-state index contributed by atoms with van der Waals surface area (Å²) in [5, 5.41) is 5.94. The predicted octanol–water partition coefficient (Wildman–Crippen LogP) is 4.41. The molecule has 0 aliphatic heterocycles. The van der Waals surface area contributed by atoms with Gasteiger partial charge < -0.3 is 5.32 Å². The summed E-state index contributed by atoms with van der Waals surface area (Å²) in [6.45, 7) is 3.05. The second-order valence-electron chi connectivity index (χ2n) is 4.88. The third kappa shape index (κ3) is 2.50. The van der Waals surface area contributed by atoms with E-state index in [1.165, 1.54) is 21.9 Å². The van der Waals surface area contributed by atoms with Crippen LogP contribution in [0.3, 0.4) is 0 Å². The number of anilines is 1. The Morgan fingerprint density at radius 3 is 2.65 bits per heavy atom. The Hall–Kier alpha value is -2.35. The number of aryl methyl sites for hydroxylation is 1. The summed E-state index contributed by atoms with van der Waals surface area (Å²) in [6, 6.07) is 16.9. The zero-order valence-corrected chi connectivity index (χ0v) is 11.6. The van der Waals surface area contributed by atoms with Gasteiger partial charge in [-0.1, -0.05) is 43.3 Å². The van der Waals surface area contributed by atoms with Crippen LogP contribution in [-0.2, 0) is 13.0 Å². The zero-order valence-electron chi connectivity index (χ0n) is 11.6. The Labute approximate surface area is 119 Å². The molecular weight excluding hydrogens is 244 g/mol. The molecule has 0 fully saturated rings. The molecule has 1 heterocycles. The van der Waals surface area contributed by atoms with E-state index in [9.17, 15) is 0 Å². The molecule has 0 radical (unpaired) electrons. The van der Waals surface area contributed by atoms with E-state index in [-0.39, 0.29) is 0 Å². The molecule has 0 aliphatic rings. The number of rotatable bonds is 4. The lowest BCUT2D eigenvalue weighted by Gasteiger charge is -2.12. The molecule has 3 rings (SSSR count). The van der Waals surface area contributed by atoms with E-state index in [1.54, 1.807) is 0 Å². The van der Waals surface area contributed by atoms with Gasteiger partial charge in [0.25, 0.3) is 0 Å². The van der Waals surface area contributed by atoms with Gasteiger partial charge in [-0.25, -0.2) is 0 Å². The van der Waals surface area contributed by atoms with Crippen molar-refractivity contribution in [2.45, 2.75) is 19.9 Å². The van der Waals surface area contributed by atoms with E-state index in [2.05, 4.69) is 65.8 Å². The minimum Gasteiger partial charge on any atom is -0.380 e. The molecule has 1 N–H and O–H groups in total. The van der Waals surface area contributed by atoms with Crippen LogP contribution in [0.2, 0.25) is 0 Å². The second-order valence-corrected chi connectivity index (χ2v) is 4.88. The van der Waals surface area contributed by atoms with Crippen LogP contribution in [0.25, 0.3) is 10.8 Å². The Morgan fingerprint density at radius 2 is 1.80 bits per heavy atom. The summed E-state index contributed by atoms with van der Waals surface area (Å²) in [4.78, 5) is 4.17. The fourth-order valence-electron chi connectivity index (χ4n) is 2.54. The molecule has 100 valence electrons. The van der Waals surface area contributed by atoms with Crippen LogP contribution in [0.1, 0.15) is 18.1 Å². The SMILES string of the molecule is CCc1ccccc1CNc1cccc2cnccc12. The number of pyridine rings is 1. The van der Waals surface area contributed by atoms with E-state index in [1.807, 2.05) is 12.4 Å². The van der Waals surface area contributed by atoms with Crippen molar-refractivity contribution in [2.75, 3.05) is 5.32 Å². The number of fused-ring (bicyclic) bond motifs is 1. The van der Waals surface area contributed by atoms with Crippen molar-refractivity contribution in [3.8, 4) is 0 Å². The average molecular weight is 262 g/mol. The van der Waals surface area contributed by atoms with Gasteiger partial charge in [0, 0.05) is 35.4 Å². The Morgan fingerprint density at radius 1 is 0.950 bits per heavy atom. The summed E-state index contributed by atoms with van der Waals surface area (Å²) in [5.74, 6) is 0. The monoisotopic (exact) mass is 262 g/mol. The lowest BCUT2D eigenvalue weighted by atomic mass is 10.0. The standard InChI is InChI=1S/C18H18N2/c1-2-14-6-3-4-7-15(14)13-20-18-9-5-8-16-12-19-11-10-17(16)18/h3-12,20H,2,13H2,1H3. The molecule has 3 aromatic rings. The number of aromatic nitrogens is 1. The fraction of sp³-hybridized carbons (Fsp3) is 0.167. The molecule has 1 aromatic heterocycles. The number of hydrogen-bond donors (Lipinski definition) is 1. The summed E-state index contributed by atoms with van der Waals surface area (Å²) >= 11 is 0. The minimum atomic E-state index is 0.853. The molecule has 0 saturated carbocycles. The maximum atomic E-state index is 4.17. The van der Waals surface area contributed by atoms with Gasteiger partial charge >= 0.3 is 0 Å². The van der Waals surface area contributed by atoms with E-state index in [4.69, 9.17) is 0 Å². The first-order chi connectivity index (χ1) is 9.88. The molecule has 0 aliphatic carbocycles. The van der Waals surface area contributed by atoms with Gasteiger partial charge in [-0.05, 0) is 29.7 Å². The highest BCUT2D eigenvalue weighted by molar-refractivity contribution is 5.93. The molecule has 20 heavy (non-hydrogen) atoms. The van der Waals surface area contributed by atoms with Crippen molar-refractivity contribution in [2.24, 2.45) is 0 Å². The van der Waals surface area contributed by atoms with Gasteiger partial charge in [0.05, 0.1) is 0 Å². The van der Waals surface area contributed by atoms with Gasteiger partial charge in [0.1, 0.15) is 0 Å². The van der Waals surface area contributed by atoms with Gasteiger partial charge in [0.15, 0.2) is 0 Å². The number of hydrogen-bond acceptors (Lipinski definition) is 2. The number of nitrogens with one attached hydrogen (secondary N) is 1. The third-order valence-corrected chi connectivity index (χ3v) is 3.65. The van der Waals surface area contributed by atoms with E-state index >= 15 is 0 Å². The smallest absolute Gasteiger partial charge is 0.0423 e. The quantitative estimate of drug-likeness (QED) is 0.753. The molecule has 2 aromatic carbocycles. The highest BCUT2D eigenvalue weighted by Crippen LogP contribution is 2.23. The molecule has 0 atom stereocenters. The molecule has 0 bridgehead atoms. The van der Waals surface area contributed by atoms with Crippen molar-refractivity contribution in [3.63, 3.8) is 0 Å². The largest absolute Gasteiger partial charge is 0.380 e. The highest BCUT2D eigenvalue weighted by Gasteiger charge is 2.02. The van der Waals surface area contributed by atoms with Gasteiger partial charge in [-0.3, -0.25) is 4.98 Å². The van der Waals surface area contributed by atoms with Crippen LogP contribution in [-0.4, -0.2) is 4.98 Å². The summed E-state index contributed by atoms with van der Waals surface area (Å²) in [7, 11) is 0. The lowest BCUT2D eigenvalue weighted by Crippen LogP contribution is -2.02. The van der Waals surface area contributed by atoms with Crippen molar-refractivity contribution >= 4 is 16.5 Å². The molecule has 0 unspecified atom stereocenters. The number of benzene rings is 2. The number of nitrogens with zero attached hydrogens (tertiary/aromatic N) is 1. The van der Waals surface area contributed by atoms with Crippen molar-refractivity contribution < 1.29 is 0 Å². The predicted molar refractivity (Wildman–Crippen MR) is 84.9 cm³/mol. The second kappa shape index (κ2) is 5.74. The highest BCUT2D eigenvalue weighted by atomic mass is 14.9. The van der Waals surface area contributed by atoms with Gasteiger partial charge in [-0.2, -0.15) is 0 Å². The molecule has 2 heteroatoms. The zero-order chi connectivity index (χ0) is 13.8. The van der Waals surface area contributed by atoms with Crippen LogP contribution in [0.15, 0.2) is 60.9 Å². The molecule has 2 nitrogen and oxygen atoms in total. The molecule has 0 amide bonds. The van der Waals surface area contributed by atoms with E-state index < -0.39 is 0 Å². The first-order valence-corrected chi connectivity index (χ1v) is 7.02. The van der Waals surface area contributed by atoms with Crippen molar-refractivity contribution in [3.05, 3.63) is 72.1 Å². The summed E-state index contributed by atoms with van der Waals surface area (Å²) in [6.07, 6.45) is 4.81. The van der Waals surface area contributed by atoms with Gasteiger partial charge in [0.2, 0.25) is 0 Å². The van der Waals surface area contributed by atoms with E-state index in [0.717, 1.165) is 18.7 Å². The van der Waals surface area contributed by atoms with Crippen LogP contribution in [0.4, 0.5) is 5.69 Å². The van der Waals surface area contributed by atoms with Crippen molar-refractivity contribution in [1.29, 1.82) is 0 Å². The summed E-state index contributed by atoms with van der Waals surface area (Å²) in [5.41, 5.74) is 3.93. The normalized spacial score (nSPS) is 10.7. The van der Waals surface area contributed by atoms with Crippen LogP contribution in [0.5, 0.6) is 0 Å². The van der Waals surface area contributed by atoms with E-state index in [0.29, 0.717) is 0 Å². The first kappa shape index (κ1) is 12.7. The third-order valence-electron chi connectivity index (χ3n) is 3.65. The van der Waals surface area contributed by atoms with Crippen LogP contribution >= 0.6 is 0 Å². The van der Waals surface area contributed by atoms with Crippen LogP contribution < -0.4 is 5.32 Å². The van der Waals surface area contributed by atoms with Crippen LogP contribution in [0, 0.1) is 0 Å². The maximum absolute atomic E-state index is 4.17. The minimum absolute atomic E-state index is 0.853. The molecular formula is C18H18N2. The fourth-order valence-corrected chi connectivity index (χ4v) is 2.54. The van der Waals surface area contributed by atoms with Crippen molar-refractivity contribution in [1.82, 2.24) is 4.98 Å². The Balaban J connectivity index is 1.87. The lowest BCUT2D eigenvalue weighted by molar-refractivity contribution is 1.05.